The zero-order valence-electron chi connectivity index (χ0n) is 11.5. The highest BCUT2D eigenvalue weighted by Crippen LogP contribution is 2.24. The third-order valence-electron chi connectivity index (χ3n) is 3.28. The van der Waals surface area contributed by atoms with E-state index in [2.05, 4.69) is 21.2 Å². The van der Waals surface area contributed by atoms with E-state index in [9.17, 15) is 4.39 Å². The van der Waals surface area contributed by atoms with E-state index in [4.69, 9.17) is 23.2 Å². The van der Waals surface area contributed by atoms with Gasteiger partial charge in [-0.2, -0.15) is 0 Å². The van der Waals surface area contributed by atoms with Gasteiger partial charge < -0.3 is 5.32 Å². The van der Waals surface area contributed by atoms with Crippen molar-refractivity contribution in [2.75, 3.05) is 7.05 Å². The van der Waals surface area contributed by atoms with E-state index in [-0.39, 0.29) is 11.9 Å². The largest absolute Gasteiger partial charge is 0.316 e. The van der Waals surface area contributed by atoms with Gasteiger partial charge in [-0.25, -0.2) is 4.39 Å². The van der Waals surface area contributed by atoms with Crippen molar-refractivity contribution >= 4 is 39.1 Å². The van der Waals surface area contributed by atoms with Crippen LogP contribution in [0.2, 0.25) is 10.0 Å². The predicted octanol–water partition coefficient (Wildman–Crippen LogP) is 5.27. The van der Waals surface area contributed by atoms with Crippen molar-refractivity contribution in [2.24, 2.45) is 0 Å². The molecule has 0 radical (unpaired) electrons. The Bertz CT molecular complexity index is 613. The minimum Gasteiger partial charge on any atom is -0.316 e. The number of rotatable bonds is 5. The van der Waals surface area contributed by atoms with Gasteiger partial charge in [0.05, 0.1) is 10.0 Å². The van der Waals surface area contributed by atoms with Gasteiger partial charge in [-0.05, 0) is 61.3 Å². The van der Waals surface area contributed by atoms with E-state index >= 15 is 0 Å². The highest BCUT2D eigenvalue weighted by Gasteiger charge is 2.11. The molecule has 1 nitrogen and oxygen atoms in total. The molecular weight excluding hydrogens is 376 g/mol. The van der Waals surface area contributed by atoms with Crippen LogP contribution >= 0.6 is 39.1 Å². The smallest absolute Gasteiger partial charge is 0.124 e. The standard InChI is InChI=1S/C16H15BrCl2FN/c1-21-14(6-10-2-3-15(18)16(19)8-10)7-11-4-12(17)9-13(20)5-11/h2-5,8-9,14,21H,6-7H2,1H3. The molecular formula is C16H15BrCl2FN. The van der Waals surface area contributed by atoms with Crippen LogP contribution in [0.25, 0.3) is 0 Å². The molecule has 0 heterocycles. The molecule has 1 N–H and O–H groups in total. The van der Waals surface area contributed by atoms with Gasteiger partial charge >= 0.3 is 0 Å². The summed E-state index contributed by atoms with van der Waals surface area (Å²) in [4.78, 5) is 0. The van der Waals surface area contributed by atoms with Crippen LogP contribution in [-0.4, -0.2) is 13.1 Å². The summed E-state index contributed by atoms with van der Waals surface area (Å²) in [5, 5.41) is 4.36. The molecule has 0 aliphatic heterocycles. The normalized spacial score (nSPS) is 12.4. The summed E-state index contributed by atoms with van der Waals surface area (Å²) in [7, 11) is 1.90. The molecule has 21 heavy (non-hydrogen) atoms. The van der Waals surface area contributed by atoms with Crippen LogP contribution in [0.1, 0.15) is 11.1 Å². The maximum absolute atomic E-state index is 13.4. The molecule has 0 aliphatic rings. The highest BCUT2D eigenvalue weighted by atomic mass is 79.9. The summed E-state index contributed by atoms with van der Waals surface area (Å²) in [6, 6.07) is 10.8. The number of likely N-dealkylation sites (N-methyl/N-ethyl adjacent to an activating group) is 1. The second-order valence-corrected chi connectivity index (χ2v) is 6.65. The number of nitrogens with one attached hydrogen (secondary N) is 1. The Morgan fingerprint density at radius 2 is 1.76 bits per heavy atom. The van der Waals surface area contributed by atoms with Crippen molar-refractivity contribution < 1.29 is 4.39 Å². The van der Waals surface area contributed by atoms with Gasteiger partial charge in [0.15, 0.2) is 0 Å². The Labute approximate surface area is 142 Å². The Balaban J connectivity index is 2.10. The molecule has 0 saturated heterocycles. The molecule has 112 valence electrons. The predicted molar refractivity (Wildman–Crippen MR) is 90.8 cm³/mol. The monoisotopic (exact) mass is 389 g/mol. The van der Waals surface area contributed by atoms with E-state index in [0.717, 1.165) is 28.4 Å². The summed E-state index contributed by atoms with van der Waals surface area (Å²) in [5.74, 6) is -0.233. The minimum absolute atomic E-state index is 0.191. The molecule has 5 heteroatoms. The summed E-state index contributed by atoms with van der Waals surface area (Å²) in [5.41, 5.74) is 2.04. The van der Waals surface area contributed by atoms with E-state index < -0.39 is 0 Å². The molecule has 1 unspecified atom stereocenters. The SMILES string of the molecule is CNC(Cc1cc(F)cc(Br)c1)Cc1ccc(Cl)c(Cl)c1. The first-order valence-corrected chi connectivity index (χ1v) is 8.09. The second kappa shape index (κ2) is 7.59. The van der Waals surface area contributed by atoms with Crippen molar-refractivity contribution in [3.05, 3.63) is 67.9 Å². The third kappa shape index (κ3) is 4.96. The van der Waals surface area contributed by atoms with Gasteiger partial charge in [0.25, 0.3) is 0 Å². The van der Waals surface area contributed by atoms with E-state index in [0.29, 0.717) is 10.0 Å². The molecule has 2 aromatic rings. The lowest BCUT2D eigenvalue weighted by Gasteiger charge is -2.17. The second-order valence-electron chi connectivity index (χ2n) is 4.92. The zero-order chi connectivity index (χ0) is 15.4. The van der Waals surface area contributed by atoms with Crippen molar-refractivity contribution in [2.45, 2.75) is 18.9 Å². The molecule has 0 aliphatic carbocycles. The van der Waals surface area contributed by atoms with Gasteiger partial charge in [-0.3, -0.25) is 0 Å². The average Bonchev–Trinajstić information content (AvgIpc) is 2.41. The van der Waals surface area contributed by atoms with Crippen molar-refractivity contribution in [3.8, 4) is 0 Å². The topological polar surface area (TPSA) is 12.0 Å². The Morgan fingerprint density at radius 1 is 1.05 bits per heavy atom. The van der Waals surface area contributed by atoms with Crippen LogP contribution in [0, 0.1) is 5.82 Å². The molecule has 0 fully saturated rings. The Kier molecular flexibility index (Phi) is 6.06. The number of hydrogen-bond donors (Lipinski definition) is 1. The quantitative estimate of drug-likeness (QED) is 0.733. The molecule has 0 amide bonds. The molecule has 2 aromatic carbocycles. The first-order chi connectivity index (χ1) is 9.97. The van der Waals surface area contributed by atoms with Crippen molar-refractivity contribution in [3.63, 3.8) is 0 Å². The van der Waals surface area contributed by atoms with Crippen molar-refractivity contribution in [1.82, 2.24) is 5.32 Å². The molecule has 0 spiro atoms. The fraction of sp³-hybridized carbons (Fsp3) is 0.250. The molecule has 0 aromatic heterocycles. The van der Waals surface area contributed by atoms with Crippen LogP contribution in [-0.2, 0) is 12.8 Å². The van der Waals surface area contributed by atoms with E-state index in [1.54, 1.807) is 12.1 Å². The fourth-order valence-electron chi connectivity index (χ4n) is 2.24. The first-order valence-electron chi connectivity index (χ1n) is 6.54. The third-order valence-corrected chi connectivity index (χ3v) is 4.48. The van der Waals surface area contributed by atoms with Gasteiger partial charge in [0.2, 0.25) is 0 Å². The average molecular weight is 391 g/mol. The fourth-order valence-corrected chi connectivity index (χ4v) is 3.07. The van der Waals surface area contributed by atoms with Gasteiger partial charge in [0, 0.05) is 10.5 Å². The lowest BCUT2D eigenvalue weighted by atomic mass is 9.99. The van der Waals surface area contributed by atoms with Crippen LogP contribution in [0.4, 0.5) is 4.39 Å². The van der Waals surface area contributed by atoms with Crippen LogP contribution in [0.3, 0.4) is 0 Å². The summed E-state index contributed by atoms with van der Waals surface area (Å²) in [6.45, 7) is 0. The number of hydrogen-bond acceptors (Lipinski definition) is 1. The van der Waals surface area contributed by atoms with Gasteiger partial charge in [-0.15, -0.1) is 0 Å². The van der Waals surface area contributed by atoms with Crippen LogP contribution < -0.4 is 5.32 Å². The van der Waals surface area contributed by atoms with Crippen molar-refractivity contribution in [1.29, 1.82) is 0 Å². The zero-order valence-corrected chi connectivity index (χ0v) is 14.6. The summed E-state index contributed by atoms with van der Waals surface area (Å²) < 4.78 is 14.2. The van der Waals surface area contributed by atoms with Crippen LogP contribution in [0.5, 0.6) is 0 Å². The summed E-state index contributed by atoms with van der Waals surface area (Å²) in [6.07, 6.45) is 1.52. The first kappa shape index (κ1) is 16.8. The molecule has 2 rings (SSSR count). The van der Waals surface area contributed by atoms with Gasteiger partial charge in [0.1, 0.15) is 5.82 Å². The maximum atomic E-state index is 13.4. The van der Waals surface area contributed by atoms with E-state index in [1.807, 2.05) is 25.2 Å². The lowest BCUT2D eigenvalue weighted by Crippen LogP contribution is -2.30. The number of halogens is 4. The summed E-state index contributed by atoms with van der Waals surface area (Å²) >= 11 is 15.3. The van der Waals surface area contributed by atoms with Gasteiger partial charge in [-0.1, -0.05) is 45.2 Å². The molecule has 0 saturated carbocycles. The highest BCUT2D eigenvalue weighted by molar-refractivity contribution is 9.10. The Hall–Kier alpha value is -0.610. The molecule has 1 atom stereocenters. The molecule has 0 bridgehead atoms. The van der Waals surface area contributed by atoms with Crippen LogP contribution in [0.15, 0.2) is 40.9 Å². The maximum Gasteiger partial charge on any atom is 0.124 e. The Morgan fingerprint density at radius 3 is 2.38 bits per heavy atom. The minimum atomic E-state index is -0.233. The number of benzene rings is 2. The van der Waals surface area contributed by atoms with E-state index in [1.165, 1.54) is 6.07 Å². The lowest BCUT2D eigenvalue weighted by molar-refractivity contribution is 0.552.